The molecule has 33 heavy (non-hydrogen) atoms. The molecule has 0 saturated heterocycles. The average molecular weight is 483 g/mol. The fraction of sp³-hybridized carbons (Fsp3) is 0.360. The van der Waals surface area contributed by atoms with Gasteiger partial charge in [0.1, 0.15) is 11.3 Å². The SMILES string of the molecule is CCc1nc2c(C)cc(C)nc2n1Cc1ccc(-c2sccc2N(S(=O)O)C(C)(C)C)cc1. The quantitative estimate of drug-likeness (QED) is 0.336. The summed E-state index contributed by atoms with van der Waals surface area (Å²) in [6.45, 7) is 12.7. The molecule has 1 atom stereocenters. The van der Waals surface area contributed by atoms with Gasteiger partial charge >= 0.3 is 0 Å². The lowest BCUT2D eigenvalue weighted by Gasteiger charge is -2.33. The number of aromatic nitrogens is 3. The van der Waals surface area contributed by atoms with Gasteiger partial charge in [0.05, 0.1) is 17.1 Å². The summed E-state index contributed by atoms with van der Waals surface area (Å²) in [4.78, 5) is 10.6. The molecular weight excluding hydrogens is 452 g/mol. The first kappa shape index (κ1) is 23.6. The van der Waals surface area contributed by atoms with Crippen LogP contribution in [0.25, 0.3) is 21.6 Å². The number of rotatable bonds is 6. The third-order valence-corrected chi connectivity index (χ3v) is 7.61. The minimum atomic E-state index is -2.11. The van der Waals surface area contributed by atoms with Crippen molar-refractivity contribution in [2.75, 3.05) is 4.31 Å². The van der Waals surface area contributed by atoms with E-state index >= 15 is 0 Å². The summed E-state index contributed by atoms with van der Waals surface area (Å²) < 4.78 is 25.8. The van der Waals surface area contributed by atoms with Crippen molar-refractivity contribution in [1.29, 1.82) is 0 Å². The predicted molar refractivity (Wildman–Crippen MR) is 138 cm³/mol. The largest absolute Gasteiger partial charge is 0.308 e. The zero-order valence-electron chi connectivity index (χ0n) is 19.9. The number of thiophene rings is 1. The van der Waals surface area contributed by atoms with E-state index in [-0.39, 0.29) is 0 Å². The van der Waals surface area contributed by atoms with Crippen molar-refractivity contribution in [3.05, 3.63) is 64.4 Å². The van der Waals surface area contributed by atoms with Crippen LogP contribution in [-0.4, -0.2) is 28.8 Å². The number of nitrogens with zero attached hydrogens (tertiary/aromatic N) is 4. The molecule has 0 aliphatic carbocycles. The molecule has 174 valence electrons. The normalized spacial score (nSPS) is 12.9. The van der Waals surface area contributed by atoms with Gasteiger partial charge in [0, 0.05) is 17.7 Å². The summed E-state index contributed by atoms with van der Waals surface area (Å²) in [6, 6.07) is 12.4. The summed E-state index contributed by atoms with van der Waals surface area (Å²) in [5, 5.41) is 1.96. The molecule has 3 aromatic heterocycles. The van der Waals surface area contributed by atoms with Gasteiger partial charge in [-0.05, 0) is 68.8 Å². The van der Waals surface area contributed by atoms with E-state index in [1.54, 1.807) is 15.6 Å². The molecule has 4 rings (SSSR count). The van der Waals surface area contributed by atoms with Gasteiger partial charge in [0.15, 0.2) is 5.65 Å². The second kappa shape index (κ2) is 9.00. The second-order valence-corrected chi connectivity index (χ2v) is 11.0. The Bertz CT molecular complexity index is 1320. The van der Waals surface area contributed by atoms with Crippen molar-refractivity contribution in [2.24, 2.45) is 0 Å². The van der Waals surface area contributed by atoms with Gasteiger partial charge in [-0.3, -0.25) is 8.86 Å². The number of aryl methyl sites for hydroxylation is 3. The molecule has 1 unspecified atom stereocenters. The maximum Gasteiger partial charge on any atom is 0.262 e. The molecular formula is C25H30N4O2S2. The molecule has 0 radical (unpaired) electrons. The van der Waals surface area contributed by atoms with Crippen LogP contribution in [0.5, 0.6) is 0 Å². The number of anilines is 1. The molecule has 3 heterocycles. The molecule has 8 heteroatoms. The molecule has 1 aromatic carbocycles. The van der Waals surface area contributed by atoms with Crippen molar-refractivity contribution in [2.45, 2.75) is 60.0 Å². The highest BCUT2D eigenvalue weighted by atomic mass is 32.2. The summed E-state index contributed by atoms with van der Waals surface area (Å²) in [6.07, 6.45) is 0.840. The average Bonchev–Trinajstić information content (AvgIpc) is 3.33. The van der Waals surface area contributed by atoms with Crippen molar-refractivity contribution >= 4 is 39.5 Å². The van der Waals surface area contributed by atoms with E-state index in [9.17, 15) is 8.76 Å². The Morgan fingerprint density at radius 3 is 2.42 bits per heavy atom. The highest BCUT2D eigenvalue weighted by Crippen LogP contribution is 2.39. The van der Waals surface area contributed by atoms with E-state index in [2.05, 4.69) is 48.7 Å². The van der Waals surface area contributed by atoms with Gasteiger partial charge in [0.2, 0.25) is 0 Å². The van der Waals surface area contributed by atoms with E-state index in [1.807, 2.05) is 39.1 Å². The first-order chi connectivity index (χ1) is 15.6. The molecule has 1 N–H and O–H groups in total. The van der Waals surface area contributed by atoms with Gasteiger partial charge in [-0.15, -0.1) is 11.3 Å². The molecule has 6 nitrogen and oxygen atoms in total. The van der Waals surface area contributed by atoms with Crippen molar-refractivity contribution < 1.29 is 8.76 Å². The van der Waals surface area contributed by atoms with E-state index in [0.717, 1.165) is 56.4 Å². The summed E-state index contributed by atoms with van der Waals surface area (Å²) in [5.41, 5.74) is 6.51. The zero-order valence-corrected chi connectivity index (χ0v) is 21.5. The first-order valence-corrected chi connectivity index (χ1v) is 13.0. The number of fused-ring (bicyclic) bond motifs is 1. The minimum absolute atomic E-state index is 0.488. The predicted octanol–water partition coefficient (Wildman–Crippen LogP) is 6.13. The summed E-state index contributed by atoms with van der Waals surface area (Å²) >= 11 is -0.537. The molecule has 0 aliphatic rings. The highest BCUT2D eigenvalue weighted by molar-refractivity contribution is 7.80. The van der Waals surface area contributed by atoms with E-state index in [0.29, 0.717) is 6.54 Å². The molecule has 0 saturated carbocycles. The highest BCUT2D eigenvalue weighted by Gasteiger charge is 2.29. The van der Waals surface area contributed by atoms with Crippen LogP contribution in [0.1, 0.15) is 50.3 Å². The molecule has 0 amide bonds. The Morgan fingerprint density at radius 1 is 1.12 bits per heavy atom. The van der Waals surface area contributed by atoms with Crippen LogP contribution in [0, 0.1) is 13.8 Å². The van der Waals surface area contributed by atoms with E-state index in [4.69, 9.17) is 9.97 Å². The lowest BCUT2D eigenvalue weighted by molar-refractivity contribution is 0.515. The number of hydrogen-bond acceptors (Lipinski definition) is 4. The second-order valence-electron chi connectivity index (χ2n) is 9.25. The van der Waals surface area contributed by atoms with Crippen LogP contribution < -0.4 is 4.31 Å². The first-order valence-electron chi connectivity index (χ1n) is 11.0. The van der Waals surface area contributed by atoms with Gasteiger partial charge in [-0.25, -0.2) is 14.2 Å². The van der Waals surface area contributed by atoms with Crippen molar-refractivity contribution in [3.8, 4) is 10.4 Å². The van der Waals surface area contributed by atoms with Crippen LogP contribution >= 0.6 is 11.3 Å². The van der Waals surface area contributed by atoms with Gasteiger partial charge in [-0.2, -0.15) is 0 Å². The Hall–Kier alpha value is -2.55. The lowest BCUT2D eigenvalue weighted by atomic mass is 10.1. The zero-order chi connectivity index (χ0) is 23.9. The van der Waals surface area contributed by atoms with Gasteiger partial charge < -0.3 is 4.57 Å². The van der Waals surface area contributed by atoms with Crippen LogP contribution in [0.2, 0.25) is 0 Å². The maximum absolute atomic E-state index is 12.1. The fourth-order valence-corrected chi connectivity index (χ4v) is 5.92. The van der Waals surface area contributed by atoms with Crippen molar-refractivity contribution in [1.82, 2.24) is 14.5 Å². The van der Waals surface area contributed by atoms with Crippen LogP contribution in [-0.2, 0) is 24.2 Å². The molecule has 0 aliphatic heterocycles. The number of hydrogen-bond donors (Lipinski definition) is 1. The van der Waals surface area contributed by atoms with Gasteiger partial charge in [-0.1, -0.05) is 31.2 Å². The maximum atomic E-state index is 12.1. The van der Waals surface area contributed by atoms with E-state index < -0.39 is 16.8 Å². The van der Waals surface area contributed by atoms with Crippen molar-refractivity contribution in [3.63, 3.8) is 0 Å². The number of imidazole rings is 1. The lowest BCUT2D eigenvalue weighted by Crippen LogP contribution is -2.42. The number of benzene rings is 1. The van der Waals surface area contributed by atoms with Crippen LogP contribution in [0.15, 0.2) is 41.8 Å². The van der Waals surface area contributed by atoms with Gasteiger partial charge in [0.25, 0.3) is 11.3 Å². The smallest absolute Gasteiger partial charge is 0.262 e. The van der Waals surface area contributed by atoms with E-state index in [1.165, 1.54) is 0 Å². The topological polar surface area (TPSA) is 71.2 Å². The molecule has 0 bridgehead atoms. The molecule has 4 aromatic rings. The molecule has 0 fully saturated rings. The monoisotopic (exact) mass is 482 g/mol. The third-order valence-electron chi connectivity index (χ3n) is 5.60. The van der Waals surface area contributed by atoms with Crippen LogP contribution in [0.3, 0.4) is 0 Å². The Morgan fingerprint density at radius 2 is 1.82 bits per heavy atom. The number of pyridine rings is 1. The summed E-state index contributed by atoms with van der Waals surface area (Å²) in [7, 11) is 0. The molecule has 0 spiro atoms. The Balaban J connectivity index is 1.68. The fourth-order valence-electron chi connectivity index (χ4n) is 4.19. The minimum Gasteiger partial charge on any atom is -0.308 e. The van der Waals surface area contributed by atoms with Crippen LogP contribution in [0.4, 0.5) is 5.69 Å². The Kier molecular flexibility index (Phi) is 6.44. The third kappa shape index (κ3) is 4.60. The summed E-state index contributed by atoms with van der Waals surface area (Å²) in [5.74, 6) is 1.03. The Labute approximate surface area is 201 Å². The standard InChI is InChI=1S/C25H30N4O2S2/c1-7-21-27-22-16(2)14-17(3)26-24(22)28(21)15-18-8-10-19(11-9-18)23-20(12-13-32-23)29(33(30)31)25(4,5)6/h8-14H,7,15H2,1-6H3,(H,30,31).